The van der Waals surface area contributed by atoms with Crippen molar-refractivity contribution in [1.29, 1.82) is 0 Å². The van der Waals surface area contributed by atoms with Gasteiger partial charge in [0, 0.05) is 46.4 Å². The number of hydrogen-bond donors (Lipinski definition) is 2. The Morgan fingerprint density at radius 1 is 1.36 bits per heavy atom. The van der Waals surface area contributed by atoms with Gasteiger partial charge < -0.3 is 25.2 Å². The molecule has 140 valence electrons. The minimum atomic E-state index is 0.0114. The summed E-state index contributed by atoms with van der Waals surface area (Å²) in [6.07, 6.45) is 4.87. The quantitative estimate of drug-likeness (QED) is 0.738. The summed E-state index contributed by atoms with van der Waals surface area (Å²) >= 11 is 0. The summed E-state index contributed by atoms with van der Waals surface area (Å²) in [7, 11) is 3.96. The van der Waals surface area contributed by atoms with Gasteiger partial charge in [0.2, 0.25) is 0 Å². The van der Waals surface area contributed by atoms with Gasteiger partial charge in [-0.25, -0.2) is 9.78 Å². The number of nitrogens with one attached hydrogen (secondary N) is 2. The summed E-state index contributed by atoms with van der Waals surface area (Å²) in [5, 5.41) is 6.47. The lowest BCUT2D eigenvalue weighted by atomic mass is 10.1. The predicted molar refractivity (Wildman–Crippen MR) is 101 cm³/mol. The van der Waals surface area contributed by atoms with Gasteiger partial charge in [-0.05, 0) is 38.3 Å². The number of carbonyl (C=O) groups is 1. The van der Waals surface area contributed by atoms with Crippen LogP contribution in [0.2, 0.25) is 0 Å². The van der Waals surface area contributed by atoms with Gasteiger partial charge in [0.25, 0.3) is 0 Å². The van der Waals surface area contributed by atoms with E-state index in [0.29, 0.717) is 25.8 Å². The summed E-state index contributed by atoms with van der Waals surface area (Å²) in [5.74, 6) is 0.946. The molecular weight excluding hydrogens is 318 g/mol. The Bertz CT molecular complexity index is 521. The van der Waals surface area contributed by atoms with E-state index in [0.717, 1.165) is 43.9 Å². The number of ether oxygens (including phenoxy) is 1. The first-order chi connectivity index (χ1) is 12.1. The Balaban J connectivity index is 1.77. The molecule has 7 nitrogen and oxygen atoms in total. The van der Waals surface area contributed by atoms with Gasteiger partial charge in [0.15, 0.2) is 0 Å². The number of anilines is 2. The van der Waals surface area contributed by atoms with E-state index in [1.54, 1.807) is 0 Å². The fraction of sp³-hybridized carbons (Fsp3) is 0.667. The van der Waals surface area contributed by atoms with Crippen LogP contribution in [0.1, 0.15) is 26.2 Å². The highest BCUT2D eigenvalue weighted by atomic mass is 16.5. The number of carbonyl (C=O) groups excluding carboxylic acids is 1. The highest BCUT2D eigenvalue weighted by molar-refractivity contribution is 5.74. The third kappa shape index (κ3) is 6.42. The molecule has 1 atom stereocenters. The second-order valence-electron chi connectivity index (χ2n) is 6.49. The van der Waals surface area contributed by atoms with Crippen molar-refractivity contribution in [3.8, 4) is 0 Å². The Morgan fingerprint density at radius 2 is 2.20 bits per heavy atom. The summed E-state index contributed by atoms with van der Waals surface area (Å²) in [5.41, 5.74) is 1.03. The third-order valence-corrected chi connectivity index (χ3v) is 4.32. The molecule has 0 saturated carbocycles. The lowest BCUT2D eigenvalue weighted by molar-refractivity contribution is 0.145. The van der Waals surface area contributed by atoms with Gasteiger partial charge in [-0.3, -0.25) is 0 Å². The van der Waals surface area contributed by atoms with E-state index in [1.165, 1.54) is 0 Å². The van der Waals surface area contributed by atoms with E-state index in [9.17, 15) is 4.79 Å². The topological polar surface area (TPSA) is 69.7 Å². The number of likely N-dealkylation sites (tertiary alicyclic amines) is 1. The lowest BCUT2D eigenvalue weighted by Crippen LogP contribution is -2.42. The Kier molecular flexibility index (Phi) is 7.78. The van der Waals surface area contributed by atoms with E-state index in [-0.39, 0.29) is 6.03 Å². The van der Waals surface area contributed by atoms with Gasteiger partial charge in [-0.1, -0.05) is 0 Å². The molecular formula is C18H31N5O2. The molecule has 0 radical (unpaired) electrons. The molecule has 1 aliphatic heterocycles. The SMILES string of the molecule is CCOCCNC(=O)N1CCC[C@@H](Nc2ccc(N(C)C)nc2)CC1. The fourth-order valence-corrected chi connectivity index (χ4v) is 2.90. The van der Waals surface area contributed by atoms with Crippen LogP contribution >= 0.6 is 0 Å². The van der Waals surface area contributed by atoms with Crippen LogP contribution in [0.4, 0.5) is 16.3 Å². The van der Waals surface area contributed by atoms with Crippen molar-refractivity contribution in [2.45, 2.75) is 32.2 Å². The van der Waals surface area contributed by atoms with Crippen molar-refractivity contribution >= 4 is 17.5 Å². The van der Waals surface area contributed by atoms with Crippen LogP contribution in [0, 0.1) is 0 Å². The number of nitrogens with zero attached hydrogens (tertiary/aromatic N) is 3. The Labute approximate surface area is 150 Å². The van der Waals surface area contributed by atoms with E-state index in [2.05, 4.69) is 21.7 Å². The molecule has 0 bridgehead atoms. The number of aromatic nitrogens is 1. The second kappa shape index (κ2) is 10.1. The van der Waals surface area contributed by atoms with Crippen molar-refractivity contribution in [2.75, 3.05) is 57.2 Å². The summed E-state index contributed by atoms with van der Waals surface area (Å²) in [6.45, 7) is 5.33. The van der Waals surface area contributed by atoms with Gasteiger partial charge in [-0.2, -0.15) is 0 Å². The zero-order valence-corrected chi connectivity index (χ0v) is 15.6. The molecule has 0 unspecified atom stereocenters. The van der Waals surface area contributed by atoms with Gasteiger partial charge in [-0.15, -0.1) is 0 Å². The maximum Gasteiger partial charge on any atom is 0.317 e. The largest absolute Gasteiger partial charge is 0.381 e. The first-order valence-corrected chi connectivity index (χ1v) is 9.10. The number of hydrogen-bond acceptors (Lipinski definition) is 5. The number of amides is 2. The van der Waals surface area contributed by atoms with Crippen LogP contribution in [0.25, 0.3) is 0 Å². The van der Waals surface area contributed by atoms with E-state index in [4.69, 9.17) is 4.74 Å². The molecule has 1 aliphatic rings. The second-order valence-corrected chi connectivity index (χ2v) is 6.49. The van der Waals surface area contributed by atoms with E-state index >= 15 is 0 Å². The number of pyridine rings is 1. The van der Waals surface area contributed by atoms with Crippen molar-refractivity contribution in [1.82, 2.24) is 15.2 Å². The molecule has 1 fully saturated rings. The smallest absolute Gasteiger partial charge is 0.317 e. The standard InChI is InChI=1S/C18H31N5O2/c1-4-25-13-10-19-18(24)23-11-5-6-15(9-12-23)21-16-7-8-17(20-14-16)22(2)3/h7-8,14-15,21H,4-6,9-13H2,1-3H3,(H,19,24)/t15-/m1/s1. The maximum atomic E-state index is 12.2. The zero-order valence-electron chi connectivity index (χ0n) is 15.6. The first-order valence-electron chi connectivity index (χ1n) is 9.10. The Morgan fingerprint density at radius 3 is 2.88 bits per heavy atom. The van der Waals surface area contributed by atoms with Crippen LogP contribution in [0.3, 0.4) is 0 Å². The molecule has 0 aromatic carbocycles. The molecule has 1 aromatic rings. The average Bonchev–Trinajstić information content (AvgIpc) is 2.85. The lowest BCUT2D eigenvalue weighted by Gasteiger charge is -2.21. The Hall–Kier alpha value is -2.02. The van der Waals surface area contributed by atoms with Crippen LogP contribution in [0.15, 0.2) is 18.3 Å². The van der Waals surface area contributed by atoms with Gasteiger partial charge in [0.05, 0.1) is 18.5 Å². The molecule has 0 aliphatic carbocycles. The van der Waals surface area contributed by atoms with Gasteiger partial charge in [0.1, 0.15) is 5.82 Å². The van der Waals surface area contributed by atoms with Crippen LogP contribution < -0.4 is 15.5 Å². The van der Waals surface area contributed by atoms with E-state index in [1.807, 2.05) is 43.1 Å². The number of rotatable bonds is 7. The van der Waals surface area contributed by atoms with Crippen molar-refractivity contribution in [3.63, 3.8) is 0 Å². The molecule has 2 heterocycles. The summed E-state index contributed by atoms with van der Waals surface area (Å²) < 4.78 is 5.25. The van der Waals surface area contributed by atoms with Crippen LogP contribution in [0.5, 0.6) is 0 Å². The first kappa shape index (κ1) is 19.3. The van der Waals surface area contributed by atoms with Crippen LogP contribution in [-0.4, -0.2) is 68.9 Å². The molecule has 25 heavy (non-hydrogen) atoms. The number of urea groups is 1. The monoisotopic (exact) mass is 349 g/mol. The fourth-order valence-electron chi connectivity index (χ4n) is 2.90. The molecule has 2 N–H and O–H groups in total. The average molecular weight is 349 g/mol. The maximum absolute atomic E-state index is 12.2. The normalized spacial score (nSPS) is 17.7. The van der Waals surface area contributed by atoms with E-state index < -0.39 is 0 Å². The minimum Gasteiger partial charge on any atom is -0.381 e. The van der Waals surface area contributed by atoms with Crippen LogP contribution in [-0.2, 0) is 4.74 Å². The molecule has 1 aromatic heterocycles. The molecule has 2 amide bonds. The van der Waals surface area contributed by atoms with Crippen molar-refractivity contribution in [2.24, 2.45) is 0 Å². The predicted octanol–water partition coefficient (Wildman–Crippen LogP) is 2.16. The van der Waals surface area contributed by atoms with Crippen molar-refractivity contribution in [3.05, 3.63) is 18.3 Å². The molecule has 1 saturated heterocycles. The molecule has 2 rings (SSSR count). The highest BCUT2D eigenvalue weighted by Crippen LogP contribution is 2.18. The molecule has 7 heteroatoms. The third-order valence-electron chi connectivity index (χ3n) is 4.32. The summed E-state index contributed by atoms with van der Waals surface area (Å²) in [6, 6.07) is 4.45. The minimum absolute atomic E-state index is 0.0114. The summed E-state index contributed by atoms with van der Waals surface area (Å²) in [4.78, 5) is 20.5. The van der Waals surface area contributed by atoms with Crippen molar-refractivity contribution < 1.29 is 9.53 Å². The van der Waals surface area contributed by atoms with Gasteiger partial charge >= 0.3 is 6.03 Å². The highest BCUT2D eigenvalue weighted by Gasteiger charge is 2.20. The zero-order chi connectivity index (χ0) is 18.1. The molecule has 0 spiro atoms.